The van der Waals surface area contributed by atoms with Gasteiger partial charge in [0.25, 0.3) is 0 Å². The molecule has 0 aliphatic heterocycles. The van der Waals surface area contributed by atoms with Crippen molar-refractivity contribution in [2.24, 2.45) is 0 Å². The van der Waals surface area contributed by atoms with Crippen LogP contribution in [-0.4, -0.2) is 24.0 Å². The van der Waals surface area contributed by atoms with Gasteiger partial charge in [0.2, 0.25) is 5.91 Å². The van der Waals surface area contributed by atoms with Crippen LogP contribution >= 0.6 is 22.7 Å². The van der Waals surface area contributed by atoms with E-state index in [0.29, 0.717) is 12.4 Å². The molecule has 0 aliphatic rings. The first-order valence-corrected chi connectivity index (χ1v) is 11.0. The molecule has 156 valence electrons. The summed E-state index contributed by atoms with van der Waals surface area (Å²) in [6, 6.07) is 10.8. The van der Waals surface area contributed by atoms with Crippen LogP contribution in [0.25, 0.3) is 6.08 Å². The number of nitrogens with one attached hydrogen (secondary N) is 1. The number of ether oxygens (including phenoxy) is 2. The minimum atomic E-state index is -0.425. The molecule has 0 aliphatic carbocycles. The topological polar surface area (TPSA) is 77.5 Å². The van der Waals surface area contributed by atoms with E-state index in [-0.39, 0.29) is 18.3 Å². The summed E-state index contributed by atoms with van der Waals surface area (Å²) < 4.78 is 10.5. The number of rotatable bonds is 9. The van der Waals surface area contributed by atoms with Gasteiger partial charge in [-0.1, -0.05) is 18.2 Å². The maximum absolute atomic E-state index is 12.4. The molecule has 8 heteroatoms. The number of thiazole rings is 1. The minimum Gasteiger partial charge on any atom is -0.487 e. The molecule has 0 saturated heterocycles. The van der Waals surface area contributed by atoms with Crippen molar-refractivity contribution in [3.63, 3.8) is 0 Å². The fourth-order valence-electron chi connectivity index (χ4n) is 2.69. The van der Waals surface area contributed by atoms with E-state index in [1.54, 1.807) is 17.4 Å². The van der Waals surface area contributed by atoms with Crippen molar-refractivity contribution < 1.29 is 19.1 Å². The number of thiophene rings is 1. The Labute approximate surface area is 183 Å². The number of amides is 1. The number of carbonyl (C=O) groups excluding carboxylic acids is 2. The van der Waals surface area contributed by atoms with Crippen LogP contribution in [0.5, 0.6) is 5.75 Å². The van der Waals surface area contributed by atoms with E-state index in [9.17, 15) is 9.59 Å². The lowest BCUT2D eigenvalue weighted by atomic mass is 10.1. The fraction of sp³-hybridized carbons (Fsp3) is 0.227. The number of benzene rings is 1. The summed E-state index contributed by atoms with van der Waals surface area (Å²) in [5, 5.41) is 7.74. The van der Waals surface area contributed by atoms with E-state index in [4.69, 9.17) is 9.47 Å². The van der Waals surface area contributed by atoms with E-state index in [2.05, 4.69) is 10.3 Å². The summed E-state index contributed by atoms with van der Waals surface area (Å²) in [5.74, 6) is 0.0322. The molecule has 6 nitrogen and oxygen atoms in total. The molecular formula is C22H22N2O4S2. The maximum atomic E-state index is 12.4. The second kappa shape index (κ2) is 10.7. The standard InChI is InChI=1S/C22H22N2O4S2/c1-15-23-17(14-30-15)13-28-18-6-3-5-16(11-18)8-9-21(25)24-19(12-22(26)27-2)20-7-4-10-29-20/h3-11,14,19H,12-13H2,1-2H3,(H,24,25)/b9-8+. The molecule has 1 atom stereocenters. The minimum absolute atomic E-state index is 0.0794. The Hall–Kier alpha value is -2.97. The van der Waals surface area contributed by atoms with Gasteiger partial charge in [0.15, 0.2) is 0 Å². The second-order valence-corrected chi connectivity index (χ2v) is 8.45. The van der Waals surface area contributed by atoms with Gasteiger partial charge in [0.05, 0.1) is 30.3 Å². The maximum Gasteiger partial charge on any atom is 0.307 e. The summed E-state index contributed by atoms with van der Waals surface area (Å²) in [7, 11) is 1.33. The average molecular weight is 443 g/mol. The summed E-state index contributed by atoms with van der Waals surface area (Å²) in [4.78, 5) is 29.4. The SMILES string of the molecule is COC(=O)CC(NC(=O)/C=C/c1cccc(OCc2csc(C)n2)c1)c1cccs1. The molecule has 2 aromatic heterocycles. The zero-order chi connectivity index (χ0) is 21.3. The van der Waals surface area contributed by atoms with Crippen molar-refractivity contribution in [3.8, 4) is 5.75 Å². The Morgan fingerprint density at radius 3 is 2.80 bits per heavy atom. The zero-order valence-corrected chi connectivity index (χ0v) is 18.3. The van der Waals surface area contributed by atoms with Crippen LogP contribution < -0.4 is 10.1 Å². The van der Waals surface area contributed by atoms with Gasteiger partial charge < -0.3 is 14.8 Å². The van der Waals surface area contributed by atoms with Crippen LogP contribution in [0, 0.1) is 6.92 Å². The largest absolute Gasteiger partial charge is 0.487 e. The highest BCUT2D eigenvalue weighted by molar-refractivity contribution is 7.10. The number of hydrogen-bond acceptors (Lipinski definition) is 7. The van der Waals surface area contributed by atoms with E-state index >= 15 is 0 Å². The van der Waals surface area contributed by atoms with Gasteiger partial charge in [-0.15, -0.1) is 22.7 Å². The van der Waals surface area contributed by atoms with Gasteiger partial charge in [-0.2, -0.15) is 0 Å². The average Bonchev–Trinajstić information content (AvgIpc) is 3.42. The Balaban J connectivity index is 1.59. The lowest BCUT2D eigenvalue weighted by molar-refractivity contribution is -0.141. The highest BCUT2D eigenvalue weighted by Crippen LogP contribution is 2.23. The number of aromatic nitrogens is 1. The number of nitrogens with zero attached hydrogens (tertiary/aromatic N) is 1. The Morgan fingerprint density at radius 1 is 1.23 bits per heavy atom. The third-order valence-electron chi connectivity index (χ3n) is 4.14. The van der Waals surface area contributed by atoms with Crippen LogP contribution in [-0.2, 0) is 20.9 Å². The van der Waals surface area contributed by atoms with Crippen LogP contribution in [0.2, 0.25) is 0 Å². The molecular weight excluding hydrogens is 420 g/mol. The van der Waals surface area contributed by atoms with Crippen molar-refractivity contribution in [2.75, 3.05) is 7.11 Å². The van der Waals surface area contributed by atoms with Crippen LogP contribution in [0.1, 0.15) is 33.6 Å². The number of carbonyl (C=O) groups is 2. The van der Waals surface area contributed by atoms with Crippen molar-refractivity contribution in [1.29, 1.82) is 0 Å². The van der Waals surface area contributed by atoms with Gasteiger partial charge in [0.1, 0.15) is 12.4 Å². The van der Waals surface area contributed by atoms with Crippen molar-refractivity contribution in [2.45, 2.75) is 26.0 Å². The van der Waals surface area contributed by atoms with Crippen LogP contribution in [0.4, 0.5) is 0 Å². The van der Waals surface area contributed by atoms with Gasteiger partial charge in [-0.25, -0.2) is 4.98 Å². The molecule has 1 N–H and O–H groups in total. The molecule has 0 bridgehead atoms. The molecule has 3 aromatic rings. The molecule has 1 unspecified atom stereocenters. The number of esters is 1. The van der Waals surface area contributed by atoms with Gasteiger partial charge >= 0.3 is 5.97 Å². The molecule has 1 aromatic carbocycles. The highest BCUT2D eigenvalue weighted by atomic mass is 32.1. The molecule has 0 fully saturated rings. The number of methoxy groups -OCH3 is 1. The number of aryl methyl sites for hydroxylation is 1. The lowest BCUT2D eigenvalue weighted by Gasteiger charge is -2.15. The van der Waals surface area contributed by atoms with E-state index < -0.39 is 6.04 Å². The molecule has 2 heterocycles. The normalized spacial score (nSPS) is 11.9. The predicted molar refractivity (Wildman–Crippen MR) is 118 cm³/mol. The van der Waals surface area contributed by atoms with Crippen molar-refractivity contribution in [1.82, 2.24) is 10.3 Å². The molecule has 0 spiro atoms. The first-order chi connectivity index (χ1) is 14.5. The summed E-state index contributed by atoms with van der Waals surface area (Å²) in [6.45, 7) is 2.35. The van der Waals surface area contributed by atoms with E-state index in [0.717, 1.165) is 21.1 Å². The van der Waals surface area contributed by atoms with Crippen LogP contribution in [0.15, 0.2) is 53.2 Å². The lowest BCUT2D eigenvalue weighted by Crippen LogP contribution is -2.28. The quantitative estimate of drug-likeness (QED) is 0.389. The fourth-order valence-corrected chi connectivity index (χ4v) is 4.07. The molecule has 3 rings (SSSR count). The van der Waals surface area contributed by atoms with Gasteiger partial charge in [0, 0.05) is 16.3 Å². The number of hydrogen-bond donors (Lipinski definition) is 1. The summed E-state index contributed by atoms with van der Waals surface area (Å²) in [5.41, 5.74) is 1.72. The first-order valence-electron chi connectivity index (χ1n) is 9.26. The van der Waals surface area contributed by atoms with Crippen molar-refractivity contribution >= 4 is 40.6 Å². The Morgan fingerprint density at radius 2 is 2.10 bits per heavy atom. The molecule has 30 heavy (non-hydrogen) atoms. The van der Waals surface area contributed by atoms with E-state index in [1.165, 1.54) is 24.5 Å². The summed E-state index contributed by atoms with van der Waals surface area (Å²) >= 11 is 3.07. The molecule has 0 saturated carbocycles. The Kier molecular flexibility index (Phi) is 7.75. The third-order valence-corrected chi connectivity index (χ3v) is 5.95. The molecule has 1 amide bonds. The second-order valence-electron chi connectivity index (χ2n) is 6.41. The van der Waals surface area contributed by atoms with E-state index in [1.807, 2.05) is 54.1 Å². The first kappa shape index (κ1) is 21.7. The van der Waals surface area contributed by atoms with Crippen molar-refractivity contribution in [3.05, 3.63) is 74.4 Å². The molecule has 0 radical (unpaired) electrons. The predicted octanol–water partition coefficient (Wildman–Crippen LogP) is 4.53. The van der Waals surface area contributed by atoms with Crippen LogP contribution in [0.3, 0.4) is 0 Å². The van der Waals surface area contributed by atoms with Gasteiger partial charge in [-0.05, 0) is 42.1 Å². The monoisotopic (exact) mass is 442 g/mol. The third kappa shape index (κ3) is 6.53. The Bertz CT molecular complexity index is 1010. The highest BCUT2D eigenvalue weighted by Gasteiger charge is 2.18. The zero-order valence-electron chi connectivity index (χ0n) is 16.7. The van der Waals surface area contributed by atoms with Gasteiger partial charge in [-0.3, -0.25) is 9.59 Å². The smallest absolute Gasteiger partial charge is 0.307 e. The summed E-state index contributed by atoms with van der Waals surface area (Å²) in [6.07, 6.45) is 3.23.